The molecule has 0 spiro atoms. The Hall–Kier alpha value is -0.920. The topological polar surface area (TPSA) is 34.1 Å². The molecule has 0 aliphatic heterocycles. The Morgan fingerprint density at radius 3 is 2.57 bits per heavy atom. The van der Waals surface area contributed by atoms with Crippen LogP contribution in [0.3, 0.4) is 0 Å². The van der Waals surface area contributed by atoms with Gasteiger partial charge in [0.05, 0.1) is 5.41 Å². The zero-order valence-corrected chi connectivity index (χ0v) is 8.75. The monoisotopic (exact) mass is 192 g/mol. The highest BCUT2D eigenvalue weighted by molar-refractivity contribution is 5.92. The molecule has 0 aromatic heterocycles. The van der Waals surface area contributed by atoms with Gasteiger partial charge in [-0.1, -0.05) is 19.9 Å². The lowest BCUT2D eigenvalue weighted by Crippen LogP contribution is -2.33. The van der Waals surface area contributed by atoms with E-state index >= 15 is 0 Å². The number of hydrogen-bond acceptors (Lipinski definition) is 2. The summed E-state index contributed by atoms with van der Waals surface area (Å²) in [6.45, 7) is 4.31. The molecule has 0 saturated heterocycles. The third kappa shape index (κ3) is 0.915. The summed E-state index contributed by atoms with van der Waals surface area (Å²) in [6, 6.07) is 0. The third-order valence-corrected chi connectivity index (χ3v) is 4.45. The normalized spacial score (nSPS) is 39.6. The van der Waals surface area contributed by atoms with E-state index < -0.39 is 0 Å². The van der Waals surface area contributed by atoms with Crippen molar-refractivity contribution in [2.45, 2.75) is 33.1 Å². The molecule has 2 atom stereocenters. The van der Waals surface area contributed by atoms with E-state index in [1.165, 1.54) is 6.08 Å². The van der Waals surface area contributed by atoms with E-state index in [0.717, 1.165) is 19.1 Å². The average Bonchev–Trinajstić information content (AvgIpc) is 2.48. The van der Waals surface area contributed by atoms with Gasteiger partial charge in [0.25, 0.3) is 0 Å². The molecular formula is C12H16O2. The first-order valence-electron chi connectivity index (χ1n) is 5.21. The smallest absolute Gasteiger partial charge is 0.143 e. The number of carbonyl (C=O) groups is 2. The van der Waals surface area contributed by atoms with Gasteiger partial charge in [0.15, 0.2) is 0 Å². The number of ketones is 1. The molecule has 2 unspecified atom stereocenters. The van der Waals surface area contributed by atoms with E-state index in [4.69, 9.17) is 0 Å². The molecular weight excluding hydrogens is 176 g/mol. The maximum atomic E-state index is 11.9. The van der Waals surface area contributed by atoms with Gasteiger partial charge in [0.1, 0.15) is 12.1 Å². The molecule has 2 aliphatic carbocycles. The lowest BCUT2D eigenvalue weighted by Gasteiger charge is -2.33. The summed E-state index contributed by atoms with van der Waals surface area (Å²) in [7, 11) is 0. The van der Waals surface area contributed by atoms with E-state index in [0.29, 0.717) is 18.1 Å². The number of rotatable bonds is 2. The Morgan fingerprint density at radius 1 is 1.43 bits per heavy atom. The Balaban J connectivity index is 2.44. The summed E-state index contributed by atoms with van der Waals surface area (Å²) in [5.74, 6) is 0.850. The summed E-state index contributed by atoms with van der Waals surface area (Å²) in [5.41, 5.74) is -0.290. The van der Waals surface area contributed by atoms with Gasteiger partial charge in [0.2, 0.25) is 0 Å². The van der Waals surface area contributed by atoms with Crippen molar-refractivity contribution in [2.24, 2.45) is 16.7 Å². The van der Waals surface area contributed by atoms with Crippen molar-refractivity contribution >= 4 is 12.1 Å². The fourth-order valence-electron chi connectivity index (χ4n) is 3.31. The van der Waals surface area contributed by atoms with Gasteiger partial charge in [-0.05, 0) is 30.3 Å². The minimum Gasteiger partial charge on any atom is -0.299 e. The predicted molar refractivity (Wildman–Crippen MR) is 53.8 cm³/mol. The van der Waals surface area contributed by atoms with E-state index in [1.807, 2.05) is 6.08 Å². The van der Waals surface area contributed by atoms with E-state index in [2.05, 4.69) is 13.8 Å². The Kier molecular flexibility index (Phi) is 1.91. The van der Waals surface area contributed by atoms with Crippen LogP contribution in [0.15, 0.2) is 12.2 Å². The molecule has 2 fully saturated rings. The van der Waals surface area contributed by atoms with Gasteiger partial charge in [-0.25, -0.2) is 0 Å². The van der Waals surface area contributed by atoms with Crippen LogP contribution in [-0.2, 0) is 9.59 Å². The second-order valence-corrected chi connectivity index (χ2v) is 5.05. The molecule has 0 heterocycles. The second kappa shape index (κ2) is 2.78. The van der Waals surface area contributed by atoms with Crippen molar-refractivity contribution in [2.75, 3.05) is 0 Å². The van der Waals surface area contributed by atoms with Gasteiger partial charge in [0, 0.05) is 6.42 Å². The second-order valence-electron chi connectivity index (χ2n) is 5.05. The number of allylic oxidation sites excluding steroid dienone is 2. The van der Waals surface area contributed by atoms with Gasteiger partial charge in [-0.2, -0.15) is 0 Å². The predicted octanol–water partition coefficient (Wildman–Crippen LogP) is 2.14. The van der Waals surface area contributed by atoms with Crippen LogP contribution in [-0.4, -0.2) is 12.1 Å². The number of fused-ring (bicyclic) bond motifs is 2. The van der Waals surface area contributed by atoms with E-state index in [-0.39, 0.29) is 10.8 Å². The highest BCUT2D eigenvalue weighted by Crippen LogP contribution is 2.64. The molecule has 2 aliphatic rings. The molecule has 2 bridgehead atoms. The number of aldehydes is 1. The van der Waals surface area contributed by atoms with Crippen LogP contribution < -0.4 is 0 Å². The zero-order chi connectivity index (χ0) is 10.4. The number of hydrogen-bond donors (Lipinski definition) is 0. The Labute approximate surface area is 84.4 Å². The van der Waals surface area contributed by atoms with Crippen molar-refractivity contribution in [1.82, 2.24) is 0 Å². The molecule has 2 nitrogen and oxygen atoms in total. The number of Topliss-reactive ketones (excluding diaryl/α,β-unsaturated/α-hetero) is 1. The van der Waals surface area contributed by atoms with Gasteiger partial charge in [-0.15, -0.1) is 0 Å². The van der Waals surface area contributed by atoms with Crippen molar-refractivity contribution in [3.8, 4) is 0 Å². The van der Waals surface area contributed by atoms with Crippen LogP contribution in [0.25, 0.3) is 0 Å². The van der Waals surface area contributed by atoms with Crippen LogP contribution in [0.1, 0.15) is 33.1 Å². The maximum absolute atomic E-state index is 11.9. The SMILES string of the molecule is CC1(C)C2CCC1(/C=C/C=O)C(=O)C2. The van der Waals surface area contributed by atoms with Crippen LogP contribution in [0, 0.1) is 16.7 Å². The third-order valence-electron chi connectivity index (χ3n) is 4.45. The maximum Gasteiger partial charge on any atom is 0.143 e. The fourth-order valence-corrected chi connectivity index (χ4v) is 3.31. The standard InChI is InChI=1S/C12H16O2/c1-11(2)9-4-6-12(11,5-3-7-13)10(14)8-9/h3,5,7,9H,4,6,8H2,1-2H3/b5-3+. The van der Waals surface area contributed by atoms with Crippen molar-refractivity contribution in [3.63, 3.8) is 0 Å². The van der Waals surface area contributed by atoms with E-state index in [9.17, 15) is 9.59 Å². The highest BCUT2D eigenvalue weighted by atomic mass is 16.1. The summed E-state index contributed by atoms with van der Waals surface area (Å²) < 4.78 is 0. The lowest BCUT2D eigenvalue weighted by atomic mass is 9.69. The molecule has 0 aromatic carbocycles. The average molecular weight is 192 g/mol. The number of carbonyl (C=O) groups excluding carboxylic acids is 2. The molecule has 0 N–H and O–H groups in total. The van der Waals surface area contributed by atoms with Crippen molar-refractivity contribution in [3.05, 3.63) is 12.2 Å². The molecule has 0 aromatic rings. The van der Waals surface area contributed by atoms with Crippen LogP contribution in [0.5, 0.6) is 0 Å². The quantitative estimate of drug-likeness (QED) is 0.496. The molecule has 0 amide bonds. The van der Waals surface area contributed by atoms with E-state index in [1.54, 1.807) is 0 Å². The molecule has 14 heavy (non-hydrogen) atoms. The van der Waals surface area contributed by atoms with Crippen LogP contribution in [0.2, 0.25) is 0 Å². The molecule has 0 radical (unpaired) electrons. The van der Waals surface area contributed by atoms with Gasteiger partial charge < -0.3 is 0 Å². The molecule has 2 saturated carbocycles. The Morgan fingerprint density at radius 2 is 2.14 bits per heavy atom. The van der Waals surface area contributed by atoms with Crippen LogP contribution in [0.4, 0.5) is 0 Å². The summed E-state index contributed by atoms with van der Waals surface area (Å²) in [6.07, 6.45) is 6.86. The minimum absolute atomic E-state index is 0.0452. The summed E-state index contributed by atoms with van der Waals surface area (Å²) in [4.78, 5) is 22.3. The first-order chi connectivity index (χ1) is 6.54. The van der Waals surface area contributed by atoms with Crippen LogP contribution >= 0.6 is 0 Å². The van der Waals surface area contributed by atoms with Crippen molar-refractivity contribution in [1.29, 1.82) is 0 Å². The van der Waals surface area contributed by atoms with Crippen molar-refractivity contribution < 1.29 is 9.59 Å². The fraction of sp³-hybridized carbons (Fsp3) is 0.667. The molecule has 2 rings (SSSR count). The summed E-state index contributed by atoms with van der Waals surface area (Å²) >= 11 is 0. The largest absolute Gasteiger partial charge is 0.299 e. The Bertz CT molecular complexity index is 314. The van der Waals surface area contributed by atoms with Gasteiger partial charge in [-0.3, -0.25) is 9.59 Å². The molecule has 76 valence electrons. The summed E-state index contributed by atoms with van der Waals surface area (Å²) in [5, 5.41) is 0. The minimum atomic E-state index is -0.335. The first kappa shape index (κ1) is 9.63. The highest BCUT2D eigenvalue weighted by Gasteiger charge is 2.62. The lowest BCUT2D eigenvalue weighted by molar-refractivity contribution is -0.126. The first-order valence-corrected chi connectivity index (χ1v) is 5.21. The van der Waals surface area contributed by atoms with Gasteiger partial charge >= 0.3 is 0 Å². The molecule has 2 heteroatoms. The zero-order valence-electron chi connectivity index (χ0n) is 8.75.